The second-order valence-electron chi connectivity index (χ2n) is 4.12. The lowest BCUT2D eigenvalue weighted by atomic mass is 10.00. The van der Waals surface area contributed by atoms with E-state index in [4.69, 9.17) is 0 Å². The number of alkyl halides is 3. The van der Waals surface area contributed by atoms with Gasteiger partial charge in [-0.2, -0.15) is 0 Å². The minimum atomic E-state index is -4.77. The average Bonchev–Trinajstić information content (AvgIpc) is 2.36. The Balaban J connectivity index is 2.69. The first-order chi connectivity index (χ1) is 9.23. The van der Waals surface area contributed by atoms with Crippen LogP contribution in [0.2, 0.25) is 0 Å². The fraction of sp³-hybridized carbons (Fsp3) is 0.385. The summed E-state index contributed by atoms with van der Waals surface area (Å²) in [5.74, 6) is -1.90. The number of methoxy groups -OCH3 is 1. The highest BCUT2D eigenvalue weighted by Crippen LogP contribution is 2.23. The first kappa shape index (κ1) is 16.0. The summed E-state index contributed by atoms with van der Waals surface area (Å²) in [6.45, 7) is 1.53. The molecule has 0 aromatic heterocycles. The molecule has 0 aliphatic carbocycles. The van der Waals surface area contributed by atoms with Crippen molar-refractivity contribution >= 4 is 11.8 Å². The summed E-state index contributed by atoms with van der Waals surface area (Å²) in [7, 11) is 1.21. The van der Waals surface area contributed by atoms with Crippen molar-refractivity contribution in [3.8, 4) is 5.75 Å². The molecule has 1 aromatic rings. The zero-order valence-electron chi connectivity index (χ0n) is 10.9. The van der Waals surface area contributed by atoms with Crippen LogP contribution in [0.5, 0.6) is 5.75 Å². The number of rotatable bonds is 5. The first-order valence-corrected chi connectivity index (χ1v) is 5.70. The van der Waals surface area contributed by atoms with Crippen molar-refractivity contribution in [2.24, 2.45) is 5.92 Å². The lowest BCUT2D eigenvalue weighted by molar-refractivity contribution is -0.274. The van der Waals surface area contributed by atoms with Crippen LogP contribution in [0, 0.1) is 5.92 Å². The number of carbonyl (C=O) groups excluding carboxylic acids is 2. The van der Waals surface area contributed by atoms with E-state index in [9.17, 15) is 22.8 Å². The SMILES string of the molecule is COC(=O)C(C)CC(=O)c1ccc(OC(F)(F)F)cc1. The van der Waals surface area contributed by atoms with Crippen molar-refractivity contribution in [1.29, 1.82) is 0 Å². The van der Waals surface area contributed by atoms with Gasteiger partial charge >= 0.3 is 12.3 Å². The summed E-state index contributed by atoms with van der Waals surface area (Å²) in [5.41, 5.74) is 0.204. The summed E-state index contributed by atoms with van der Waals surface area (Å²) >= 11 is 0. The normalized spacial score (nSPS) is 12.7. The molecule has 7 heteroatoms. The van der Waals surface area contributed by atoms with Crippen LogP contribution in [-0.4, -0.2) is 25.2 Å². The summed E-state index contributed by atoms with van der Waals surface area (Å²) < 4.78 is 44.1. The van der Waals surface area contributed by atoms with Crippen molar-refractivity contribution in [1.82, 2.24) is 0 Å². The van der Waals surface area contributed by atoms with Crippen molar-refractivity contribution in [2.45, 2.75) is 19.7 Å². The van der Waals surface area contributed by atoms with E-state index in [-0.39, 0.29) is 17.8 Å². The van der Waals surface area contributed by atoms with Crippen LogP contribution in [0.1, 0.15) is 23.7 Å². The van der Waals surface area contributed by atoms with E-state index >= 15 is 0 Å². The quantitative estimate of drug-likeness (QED) is 0.618. The maximum Gasteiger partial charge on any atom is 0.573 e. The van der Waals surface area contributed by atoms with Gasteiger partial charge in [-0.25, -0.2) is 0 Å². The Morgan fingerprint density at radius 1 is 1.20 bits per heavy atom. The minimum absolute atomic E-state index is 0.0772. The highest BCUT2D eigenvalue weighted by molar-refractivity contribution is 5.98. The van der Waals surface area contributed by atoms with Gasteiger partial charge in [0, 0.05) is 12.0 Å². The summed E-state index contributed by atoms with van der Waals surface area (Å²) in [5, 5.41) is 0. The first-order valence-electron chi connectivity index (χ1n) is 5.70. The molecule has 0 amide bonds. The molecule has 0 heterocycles. The molecular weight excluding hydrogens is 277 g/mol. The zero-order chi connectivity index (χ0) is 15.3. The molecule has 1 aromatic carbocycles. The molecule has 0 N–H and O–H groups in total. The lowest BCUT2D eigenvalue weighted by Gasteiger charge is -2.10. The predicted molar refractivity (Wildman–Crippen MR) is 63.3 cm³/mol. The van der Waals surface area contributed by atoms with Crippen molar-refractivity contribution in [2.75, 3.05) is 7.11 Å². The molecule has 1 atom stereocenters. The van der Waals surface area contributed by atoms with E-state index < -0.39 is 24.0 Å². The molecule has 110 valence electrons. The molecule has 4 nitrogen and oxygen atoms in total. The third-order valence-corrected chi connectivity index (χ3v) is 2.51. The van der Waals surface area contributed by atoms with Crippen LogP contribution in [0.4, 0.5) is 13.2 Å². The van der Waals surface area contributed by atoms with Crippen LogP contribution in [0.3, 0.4) is 0 Å². The number of hydrogen-bond acceptors (Lipinski definition) is 4. The van der Waals surface area contributed by atoms with Crippen LogP contribution in [-0.2, 0) is 9.53 Å². The minimum Gasteiger partial charge on any atom is -0.469 e. The molecule has 0 saturated heterocycles. The molecule has 20 heavy (non-hydrogen) atoms. The average molecular weight is 290 g/mol. The fourth-order valence-corrected chi connectivity index (χ4v) is 1.52. The van der Waals surface area contributed by atoms with E-state index in [0.29, 0.717) is 0 Å². The van der Waals surface area contributed by atoms with Crippen molar-refractivity contribution in [3.63, 3.8) is 0 Å². The largest absolute Gasteiger partial charge is 0.573 e. The van der Waals surface area contributed by atoms with Gasteiger partial charge in [-0.15, -0.1) is 13.2 Å². The Morgan fingerprint density at radius 3 is 2.20 bits per heavy atom. The van der Waals surface area contributed by atoms with Gasteiger partial charge in [-0.05, 0) is 24.3 Å². The molecule has 0 spiro atoms. The Kier molecular flexibility index (Phi) is 5.12. The molecule has 0 saturated carbocycles. The highest BCUT2D eigenvalue weighted by Gasteiger charge is 2.31. The standard InChI is InChI=1S/C13H13F3O4/c1-8(12(18)19-2)7-11(17)9-3-5-10(6-4-9)20-13(14,15)16/h3-6,8H,7H2,1-2H3. The molecule has 0 aliphatic rings. The van der Waals surface area contributed by atoms with Gasteiger partial charge in [0.15, 0.2) is 5.78 Å². The zero-order valence-corrected chi connectivity index (χ0v) is 10.9. The maximum atomic E-state index is 12.0. The molecule has 1 unspecified atom stereocenters. The van der Waals surface area contributed by atoms with Gasteiger partial charge in [0.25, 0.3) is 0 Å². The van der Waals surface area contributed by atoms with E-state index in [0.717, 1.165) is 12.1 Å². The number of halogens is 3. The third kappa shape index (κ3) is 4.91. The molecule has 1 rings (SSSR count). The molecule has 0 bridgehead atoms. The van der Waals surface area contributed by atoms with Gasteiger partial charge in [-0.1, -0.05) is 6.92 Å². The topological polar surface area (TPSA) is 52.6 Å². The van der Waals surface area contributed by atoms with Gasteiger partial charge in [-0.3, -0.25) is 9.59 Å². The number of hydrogen-bond donors (Lipinski definition) is 0. The van der Waals surface area contributed by atoms with Gasteiger partial charge in [0.1, 0.15) is 5.75 Å². The van der Waals surface area contributed by atoms with E-state index in [2.05, 4.69) is 9.47 Å². The number of ketones is 1. The summed E-state index contributed by atoms with van der Waals surface area (Å²) in [4.78, 5) is 23.0. The van der Waals surface area contributed by atoms with Crippen LogP contribution >= 0.6 is 0 Å². The van der Waals surface area contributed by atoms with Crippen molar-refractivity contribution < 1.29 is 32.2 Å². The van der Waals surface area contributed by atoms with Gasteiger partial charge < -0.3 is 9.47 Å². The summed E-state index contributed by atoms with van der Waals surface area (Å²) in [6.07, 6.45) is -4.85. The second kappa shape index (κ2) is 6.40. The predicted octanol–water partition coefficient (Wildman–Crippen LogP) is 2.97. The van der Waals surface area contributed by atoms with E-state index in [1.165, 1.54) is 26.2 Å². The Hall–Kier alpha value is -2.05. The van der Waals surface area contributed by atoms with Crippen molar-refractivity contribution in [3.05, 3.63) is 29.8 Å². The highest BCUT2D eigenvalue weighted by atomic mass is 19.4. The van der Waals surface area contributed by atoms with Crippen LogP contribution in [0.25, 0.3) is 0 Å². The lowest BCUT2D eigenvalue weighted by Crippen LogP contribution is -2.18. The number of benzene rings is 1. The third-order valence-electron chi connectivity index (χ3n) is 2.51. The Bertz CT molecular complexity index is 479. The molecule has 0 radical (unpaired) electrons. The smallest absolute Gasteiger partial charge is 0.469 e. The number of carbonyl (C=O) groups is 2. The van der Waals surface area contributed by atoms with E-state index in [1.54, 1.807) is 0 Å². The fourth-order valence-electron chi connectivity index (χ4n) is 1.52. The van der Waals surface area contributed by atoms with Crippen LogP contribution in [0.15, 0.2) is 24.3 Å². The van der Waals surface area contributed by atoms with Gasteiger partial charge in [0.2, 0.25) is 0 Å². The van der Waals surface area contributed by atoms with E-state index in [1.807, 2.05) is 0 Å². The summed E-state index contributed by atoms with van der Waals surface area (Å²) in [6, 6.07) is 4.52. The molecule has 0 aliphatic heterocycles. The second-order valence-corrected chi connectivity index (χ2v) is 4.12. The number of ether oxygens (including phenoxy) is 2. The number of esters is 1. The van der Waals surface area contributed by atoms with Crippen LogP contribution < -0.4 is 4.74 Å². The monoisotopic (exact) mass is 290 g/mol. The molecular formula is C13H13F3O4. The molecule has 0 fully saturated rings. The van der Waals surface area contributed by atoms with Gasteiger partial charge in [0.05, 0.1) is 13.0 Å². The number of Topliss-reactive ketones (excluding diaryl/α,β-unsaturated/α-hetero) is 1. The Morgan fingerprint density at radius 2 is 1.75 bits per heavy atom. The maximum absolute atomic E-state index is 12.0. The Labute approximate surface area is 113 Å².